The van der Waals surface area contributed by atoms with Gasteiger partial charge in [-0.1, -0.05) is 43.6 Å². The minimum atomic E-state index is 0.0112. The maximum atomic E-state index is 11.9. The number of allylic oxidation sites excluding steroid dienone is 1. The van der Waals surface area contributed by atoms with Crippen molar-refractivity contribution in [2.24, 2.45) is 0 Å². The van der Waals surface area contributed by atoms with Gasteiger partial charge in [0.05, 0.1) is 0 Å². The zero-order valence-electron chi connectivity index (χ0n) is 9.85. The van der Waals surface area contributed by atoms with Gasteiger partial charge in [0, 0.05) is 19.4 Å². The van der Waals surface area contributed by atoms with Gasteiger partial charge in [0.25, 0.3) is 0 Å². The number of carbonyl (C=O) groups excluding carboxylic acids is 1. The predicted octanol–water partition coefficient (Wildman–Crippen LogP) is 5.70. The van der Waals surface area contributed by atoms with Crippen molar-refractivity contribution in [3.63, 3.8) is 0 Å². The van der Waals surface area contributed by atoms with Crippen LogP contribution in [0.15, 0.2) is 73.9 Å². The van der Waals surface area contributed by atoms with Crippen LogP contribution in [0.1, 0.15) is 10.4 Å². The van der Waals surface area contributed by atoms with Crippen LogP contribution in [0.4, 0.5) is 0 Å². The highest BCUT2D eigenvalue weighted by Gasteiger charge is 2.00. The number of hydrogen-bond acceptors (Lipinski definition) is 2. The lowest BCUT2D eigenvalue weighted by molar-refractivity contribution is 0.104. The van der Waals surface area contributed by atoms with Crippen LogP contribution >= 0.6 is 43.6 Å². The highest BCUT2D eigenvalue weighted by molar-refractivity contribution is 9.10. The monoisotopic (exact) mass is 396 g/mol. The molecule has 0 heterocycles. The van der Waals surface area contributed by atoms with Gasteiger partial charge in [0.15, 0.2) is 5.78 Å². The molecular weight excluding hydrogens is 388 g/mol. The first-order valence-electron chi connectivity index (χ1n) is 5.54. The Morgan fingerprint density at radius 1 is 0.895 bits per heavy atom. The molecule has 0 bridgehead atoms. The fourth-order valence-corrected chi connectivity index (χ4v) is 2.57. The fourth-order valence-electron chi connectivity index (χ4n) is 1.40. The molecule has 96 valence electrons. The summed E-state index contributed by atoms with van der Waals surface area (Å²) in [5.74, 6) is 0.0112. The molecule has 0 aromatic heterocycles. The molecule has 0 aliphatic rings. The van der Waals surface area contributed by atoms with E-state index in [1.54, 1.807) is 18.2 Å². The molecule has 19 heavy (non-hydrogen) atoms. The van der Waals surface area contributed by atoms with E-state index in [0.717, 1.165) is 13.8 Å². The molecule has 0 aliphatic carbocycles. The second kappa shape index (κ2) is 7.08. The zero-order valence-corrected chi connectivity index (χ0v) is 13.8. The Labute approximate surface area is 133 Å². The second-order valence-corrected chi connectivity index (χ2v) is 6.56. The normalized spacial score (nSPS) is 10.8. The molecule has 0 aliphatic heterocycles. The van der Waals surface area contributed by atoms with Gasteiger partial charge in [-0.15, -0.1) is 0 Å². The average molecular weight is 398 g/mol. The van der Waals surface area contributed by atoms with Gasteiger partial charge in [-0.3, -0.25) is 4.79 Å². The average Bonchev–Trinajstić information content (AvgIpc) is 2.41. The highest BCUT2D eigenvalue weighted by Crippen LogP contribution is 2.21. The van der Waals surface area contributed by atoms with E-state index in [2.05, 4.69) is 31.9 Å². The maximum Gasteiger partial charge on any atom is 0.186 e. The van der Waals surface area contributed by atoms with Crippen LogP contribution in [0.5, 0.6) is 0 Å². The second-order valence-electron chi connectivity index (χ2n) is 3.75. The molecule has 0 spiro atoms. The lowest BCUT2D eigenvalue weighted by atomic mass is 10.1. The van der Waals surface area contributed by atoms with Crippen molar-refractivity contribution in [3.05, 3.63) is 74.5 Å². The van der Waals surface area contributed by atoms with Crippen LogP contribution in [0.25, 0.3) is 0 Å². The third kappa shape index (κ3) is 4.64. The van der Waals surface area contributed by atoms with Crippen LogP contribution in [-0.2, 0) is 0 Å². The van der Waals surface area contributed by atoms with Crippen molar-refractivity contribution in [2.75, 3.05) is 0 Å². The van der Waals surface area contributed by atoms with Crippen molar-refractivity contribution < 1.29 is 4.79 Å². The van der Waals surface area contributed by atoms with Crippen molar-refractivity contribution >= 4 is 49.4 Å². The van der Waals surface area contributed by atoms with Crippen molar-refractivity contribution in [3.8, 4) is 0 Å². The molecule has 2 rings (SSSR count). The van der Waals surface area contributed by atoms with E-state index in [-0.39, 0.29) is 5.78 Å². The smallest absolute Gasteiger partial charge is 0.186 e. The number of rotatable bonds is 4. The number of carbonyl (C=O) groups is 1. The molecule has 0 saturated heterocycles. The van der Waals surface area contributed by atoms with Crippen LogP contribution in [0.3, 0.4) is 0 Å². The predicted molar refractivity (Wildman–Crippen MR) is 87.6 cm³/mol. The topological polar surface area (TPSA) is 17.1 Å². The Morgan fingerprint density at radius 2 is 1.42 bits per heavy atom. The molecule has 0 fully saturated rings. The summed E-state index contributed by atoms with van der Waals surface area (Å²) in [6.07, 6.45) is 1.59. The molecule has 0 amide bonds. The van der Waals surface area contributed by atoms with E-state index < -0.39 is 0 Å². The Kier molecular flexibility index (Phi) is 5.43. The molecule has 0 unspecified atom stereocenters. The first kappa shape index (κ1) is 14.6. The first-order valence-corrected chi connectivity index (χ1v) is 8.00. The van der Waals surface area contributed by atoms with Gasteiger partial charge in [-0.05, 0) is 60.0 Å². The van der Waals surface area contributed by atoms with Gasteiger partial charge in [0.1, 0.15) is 0 Å². The highest BCUT2D eigenvalue weighted by atomic mass is 79.9. The molecule has 2 aromatic carbocycles. The van der Waals surface area contributed by atoms with Crippen LogP contribution in [0, 0.1) is 0 Å². The van der Waals surface area contributed by atoms with Crippen LogP contribution < -0.4 is 0 Å². The number of benzene rings is 2. The van der Waals surface area contributed by atoms with E-state index >= 15 is 0 Å². The van der Waals surface area contributed by atoms with Gasteiger partial charge in [0.2, 0.25) is 0 Å². The molecule has 2 aromatic rings. The standard InChI is InChI=1S/C15H10Br2OS/c16-12-3-1-11(2-4-12)15(18)9-10-19-14-7-5-13(17)6-8-14/h1-10H/b10-9+. The Balaban J connectivity index is 1.97. The van der Waals surface area contributed by atoms with E-state index in [4.69, 9.17) is 0 Å². The van der Waals surface area contributed by atoms with Crippen molar-refractivity contribution in [1.82, 2.24) is 0 Å². The van der Waals surface area contributed by atoms with Crippen LogP contribution in [0.2, 0.25) is 0 Å². The summed E-state index contributed by atoms with van der Waals surface area (Å²) in [5, 5.41) is 1.81. The minimum Gasteiger partial charge on any atom is -0.289 e. The third-order valence-corrected chi connectivity index (χ3v) is 4.24. The summed E-state index contributed by atoms with van der Waals surface area (Å²) in [6.45, 7) is 0. The third-order valence-electron chi connectivity index (χ3n) is 2.37. The first-order chi connectivity index (χ1) is 9.15. The van der Waals surface area contributed by atoms with E-state index in [1.807, 2.05) is 41.8 Å². The number of thioether (sulfide) groups is 1. The number of halogens is 2. The van der Waals surface area contributed by atoms with Crippen molar-refractivity contribution in [1.29, 1.82) is 0 Å². The minimum absolute atomic E-state index is 0.0112. The number of hydrogen-bond donors (Lipinski definition) is 0. The van der Waals surface area contributed by atoms with Crippen molar-refractivity contribution in [2.45, 2.75) is 4.90 Å². The summed E-state index contributed by atoms with van der Waals surface area (Å²) in [7, 11) is 0. The zero-order chi connectivity index (χ0) is 13.7. The van der Waals surface area contributed by atoms with Gasteiger partial charge < -0.3 is 0 Å². The molecule has 0 saturated carbocycles. The molecule has 0 N–H and O–H groups in total. The molecular formula is C15H10Br2OS. The summed E-state index contributed by atoms with van der Waals surface area (Å²) in [6, 6.07) is 15.3. The summed E-state index contributed by atoms with van der Waals surface area (Å²) in [4.78, 5) is 13.0. The SMILES string of the molecule is O=C(/C=C/Sc1ccc(Br)cc1)c1ccc(Br)cc1. The Morgan fingerprint density at radius 3 is 2.00 bits per heavy atom. The maximum absolute atomic E-state index is 11.9. The largest absolute Gasteiger partial charge is 0.289 e. The fraction of sp³-hybridized carbons (Fsp3) is 0. The van der Waals surface area contributed by atoms with E-state index in [9.17, 15) is 4.79 Å². The summed E-state index contributed by atoms with van der Waals surface area (Å²) < 4.78 is 2.02. The van der Waals surface area contributed by atoms with Gasteiger partial charge in [-0.2, -0.15) is 0 Å². The lowest BCUT2D eigenvalue weighted by Crippen LogP contribution is -1.92. The molecule has 0 radical (unpaired) electrons. The Hall–Kier alpha value is -0.840. The Bertz CT molecular complexity index is 589. The summed E-state index contributed by atoms with van der Waals surface area (Å²) >= 11 is 8.26. The van der Waals surface area contributed by atoms with E-state index in [1.165, 1.54) is 11.8 Å². The van der Waals surface area contributed by atoms with Gasteiger partial charge >= 0.3 is 0 Å². The number of ketones is 1. The lowest BCUT2D eigenvalue weighted by Gasteiger charge is -1.97. The quantitative estimate of drug-likeness (QED) is 0.374. The molecule has 0 atom stereocenters. The van der Waals surface area contributed by atoms with Crippen LogP contribution in [-0.4, -0.2) is 5.78 Å². The van der Waals surface area contributed by atoms with E-state index in [0.29, 0.717) is 5.56 Å². The summed E-state index contributed by atoms with van der Waals surface area (Å²) in [5.41, 5.74) is 0.691. The van der Waals surface area contributed by atoms with Gasteiger partial charge in [-0.25, -0.2) is 0 Å². The molecule has 4 heteroatoms. The molecule has 1 nitrogen and oxygen atoms in total.